The first-order chi connectivity index (χ1) is 5.11. The smallest absolute Gasteiger partial charge is 0.135 e. The lowest BCUT2D eigenvalue weighted by Gasteiger charge is -2.15. The van der Waals surface area contributed by atoms with Gasteiger partial charge < -0.3 is 5.11 Å². The zero-order valence-corrected chi connectivity index (χ0v) is 7.21. The molecule has 0 aromatic heterocycles. The van der Waals surface area contributed by atoms with Gasteiger partial charge in [-0.1, -0.05) is 13.8 Å². The molecular weight excluding hydrogens is 140 g/mol. The van der Waals surface area contributed by atoms with Gasteiger partial charge in [-0.2, -0.15) is 0 Å². The molecule has 1 aliphatic rings. The predicted molar refractivity (Wildman–Crippen MR) is 43.2 cm³/mol. The van der Waals surface area contributed by atoms with E-state index >= 15 is 0 Å². The van der Waals surface area contributed by atoms with Crippen LogP contribution in [-0.2, 0) is 4.79 Å². The van der Waals surface area contributed by atoms with E-state index in [1.165, 1.54) is 0 Å². The summed E-state index contributed by atoms with van der Waals surface area (Å²) in [6, 6.07) is 0. The lowest BCUT2D eigenvalue weighted by molar-refractivity contribution is -0.122. The van der Waals surface area contributed by atoms with E-state index in [2.05, 4.69) is 0 Å². The van der Waals surface area contributed by atoms with E-state index in [0.717, 1.165) is 6.42 Å². The molecule has 0 spiro atoms. The maximum Gasteiger partial charge on any atom is 0.135 e. The number of carbonyl (C=O) groups is 1. The van der Waals surface area contributed by atoms with Crippen molar-refractivity contribution >= 4 is 5.78 Å². The van der Waals surface area contributed by atoms with Crippen molar-refractivity contribution in [2.75, 3.05) is 0 Å². The molecule has 0 saturated heterocycles. The molecule has 1 saturated carbocycles. The van der Waals surface area contributed by atoms with Gasteiger partial charge >= 0.3 is 0 Å². The van der Waals surface area contributed by atoms with Crippen LogP contribution in [0, 0.1) is 11.8 Å². The summed E-state index contributed by atoms with van der Waals surface area (Å²) in [7, 11) is 0. The molecule has 0 unspecified atom stereocenters. The van der Waals surface area contributed by atoms with E-state index in [4.69, 9.17) is 0 Å². The van der Waals surface area contributed by atoms with Crippen molar-refractivity contribution in [3.05, 3.63) is 0 Å². The van der Waals surface area contributed by atoms with Crippen LogP contribution < -0.4 is 0 Å². The Morgan fingerprint density at radius 3 is 2.73 bits per heavy atom. The van der Waals surface area contributed by atoms with Crippen LogP contribution in [0.5, 0.6) is 0 Å². The Morgan fingerprint density at radius 2 is 2.09 bits per heavy atom. The van der Waals surface area contributed by atoms with Gasteiger partial charge in [0.25, 0.3) is 0 Å². The zero-order valence-electron chi connectivity index (χ0n) is 7.21. The van der Waals surface area contributed by atoms with Gasteiger partial charge in [0.15, 0.2) is 0 Å². The summed E-state index contributed by atoms with van der Waals surface area (Å²) in [5, 5.41) is 9.44. The van der Waals surface area contributed by atoms with E-state index in [-0.39, 0.29) is 17.9 Å². The fourth-order valence-electron chi connectivity index (χ4n) is 1.67. The average Bonchev–Trinajstić information content (AvgIpc) is 2.05. The molecule has 2 heteroatoms. The van der Waals surface area contributed by atoms with Crippen molar-refractivity contribution in [1.29, 1.82) is 0 Å². The van der Waals surface area contributed by atoms with Gasteiger partial charge in [-0.25, -0.2) is 0 Å². The molecule has 2 nitrogen and oxygen atoms in total. The summed E-state index contributed by atoms with van der Waals surface area (Å²) in [6.45, 7) is 3.97. The minimum absolute atomic E-state index is 0.155. The Kier molecular flexibility index (Phi) is 2.66. The third-order valence-corrected chi connectivity index (χ3v) is 2.62. The molecule has 0 aromatic rings. The topological polar surface area (TPSA) is 37.3 Å². The van der Waals surface area contributed by atoms with Gasteiger partial charge in [0, 0.05) is 12.3 Å². The number of aliphatic hydroxyl groups excluding tert-OH is 1. The van der Waals surface area contributed by atoms with Crippen molar-refractivity contribution in [2.24, 2.45) is 11.8 Å². The van der Waals surface area contributed by atoms with Crippen LogP contribution in [0.4, 0.5) is 0 Å². The van der Waals surface area contributed by atoms with E-state index in [0.29, 0.717) is 18.6 Å². The maximum absolute atomic E-state index is 11.2. The summed E-state index contributed by atoms with van der Waals surface area (Å²) < 4.78 is 0. The maximum atomic E-state index is 11.2. The number of hydrogen-bond acceptors (Lipinski definition) is 2. The molecule has 0 aromatic carbocycles. The van der Waals surface area contributed by atoms with Gasteiger partial charge in [0.1, 0.15) is 5.78 Å². The molecule has 1 rings (SSSR count). The molecule has 11 heavy (non-hydrogen) atoms. The molecule has 1 N–H and O–H groups in total. The molecule has 0 radical (unpaired) electrons. The highest BCUT2D eigenvalue weighted by molar-refractivity contribution is 5.80. The SMILES string of the molecule is C[C@@H]1C[C@H](C)C(=O)CC[C@H]1O. The van der Waals surface area contributed by atoms with Crippen LogP contribution in [0.1, 0.15) is 33.1 Å². The Bertz CT molecular complexity index is 154. The van der Waals surface area contributed by atoms with Gasteiger partial charge in [0.05, 0.1) is 6.10 Å². The quantitative estimate of drug-likeness (QED) is 0.538. The third-order valence-electron chi connectivity index (χ3n) is 2.62. The lowest BCUT2D eigenvalue weighted by atomic mass is 9.94. The Morgan fingerprint density at radius 1 is 1.45 bits per heavy atom. The highest BCUT2D eigenvalue weighted by Gasteiger charge is 2.25. The number of carbonyl (C=O) groups excluding carboxylic acids is 1. The second kappa shape index (κ2) is 3.35. The first-order valence-electron chi connectivity index (χ1n) is 4.32. The summed E-state index contributed by atoms with van der Waals surface area (Å²) >= 11 is 0. The van der Waals surface area contributed by atoms with Crippen LogP contribution in [0.2, 0.25) is 0 Å². The molecule has 0 amide bonds. The van der Waals surface area contributed by atoms with Gasteiger partial charge in [-0.15, -0.1) is 0 Å². The van der Waals surface area contributed by atoms with Crippen LogP contribution in [0.3, 0.4) is 0 Å². The summed E-state index contributed by atoms with van der Waals surface area (Å²) in [6.07, 6.45) is 1.81. The minimum Gasteiger partial charge on any atom is -0.393 e. The minimum atomic E-state index is -0.260. The molecule has 0 aliphatic heterocycles. The second-order valence-corrected chi connectivity index (χ2v) is 3.69. The Hall–Kier alpha value is -0.370. The van der Waals surface area contributed by atoms with Crippen LogP contribution in [-0.4, -0.2) is 17.0 Å². The molecular formula is C9H16O2. The van der Waals surface area contributed by atoms with Crippen molar-refractivity contribution in [3.8, 4) is 0 Å². The zero-order chi connectivity index (χ0) is 8.43. The first-order valence-corrected chi connectivity index (χ1v) is 4.32. The number of Topliss-reactive ketones (excluding diaryl/α,β-unsaturated/α-hetero) is 1. The van der Waals surface area contributed by atoms with Gasteiger partial charge in [0.2, 0.25) is 0 Å². The normalized spacial score (nSPS) is 40.3. The van der Waals surface area contributed by atoms with Crippen LogP contribution in [0.15, 0.2) is 0 Å². The predicted octanol–water partition coefficient (Wildman–Crippen LogP) is 1.37. The molecule has 1 fully saturated rings. The fraction of sp³-hybridized carbons (Fsp3) is 0.889. The molecule has 3 atom stereocenters. The number of hydrogen-bond donors (Lipinski definition) is 1. The Balaban J connectivity index is 2.58. The highest BCUT2D eigenvalue weighted by Crippen LogP contribution is 2.24. The van der Waals surface area contributed by atoms with Gasteiger partial charge in [-0.3, -0.25) is 4.79 Å². The van der Waals surface area contributed by atoms with E-state index in [1.54, 1.807) is 0 Å². The van der Waals surface area contributed by atoms with E-state index < -0.39 is 0 Å². The number of aliphatic hydroxyl groups is 1. The summed E-state index contributed by atoms with van der Waals surface area (Å²) in [5.74, 6) is 0.756. The van der Waals surface area contributed by atoms with E-state index in [9.17, 15) is 9.90 Å². The average molecular weight is 156 g/mol. The van der Waals surface area contributed by atoms with E-state index in [1.807, 2.05) is 13.8 Å². The standard InChI is InChI=1S/C9H16O2/c1-6-5-7(2)9(11)4-3-8(6)10/h6-8,10H,3-5H2,1-2H3/t6-,7+,8-/m1/s1. The van der Waals surface area contributed by atoms with Crippen LogP contribution in [0.25, 0.3) is 0 Å². The van der Waals surface area contributed by atoms with Crippen molar-refractivity contribution < 1.29 is 9.90 Å². The summed E-state index contributed by atoms with van der Waals surface area (Å²) in [5.41, 5.74) is 0. The molecule has 0 bridgehead atoms. The fourth-order valence-corrected chi connectivity index (χ4v) is 1.67. The lowest BCUT2D eigenvalue weighted by Crippen LogP contribution is -2.16. The Labute approximate surface area is 67.6 Å². The molecule has 1 aliphatic carbocycles. The van der Waals surface area contributed by atoms with Crippen molar-refractivity contribution in [3.63, 3.8) is 0 Å². The largest absolute Gasteiger partial charge is 0.393 e. The number of ketones is 1. The van der Waals surface area contributed by atoms with Gasteiger partial charge in [-0.05, 0) is 18.8 Å². The van der Waals surface area contributed by atoms with Crippen LogP contribution >= 0.6 is 0 Å². The monoisotopic (exact) mass is 156 g/mol. The summed E-state index contributed by atoms with van der Waals surface area (Å²) in [4.78, 5) is 11.2. The molecule has 64 valence electrons. The third kappa shape index (κ3) is 2.03. The van der Waals surface area contributed by atoms with Crippen molar-refractivity contribution in [1.82, 2.24) is 0 Å². The van der Waals surface area contributed by atoms with Crippen molar-refractivity contribution in [2.45, 2.75) is 39.2 Å². The number of rotatable bonds is 0. The first kappa shape index (κ1) is 8.72. The highest BCUT2D eigenvalue weighted by atomic mass is 16.3. The second-order valence-electron chi connectivity index (χ2n) is 3.69. The molecule has 0 heterocycles.